The molecule has 0 aliphatic heterocycles. The second-order valence-corrected chi connectivity index (χ2v) is 33.9. The van der Waals surface area contributed by atoms with Gasteiger partial charge in [0.1, 0.15) is 46.5 Å². The van der Waals surface area contributed by atoms with Crippen LogP contribution >= 0.6 is 63.7 Å². The van der Waals surface area contributed by atoms with Crippen LogP contribution in [0.3, 0.4) is 0 Å². The molecule has 0 fully saturated rings. The topological polar surface area (TPSA) is 119 Å². The number of rotatable bonds is 17. The van der Waals surface area contributed by atoms with Crippen LogP contribution in [-0.4, -0.2) is 17.2 Å². The summed E-state index contributed by atoms with van der Waals surface area (Å²) in [7, 11) is -1.70. The van der Waals surface area contributed by atoms with Crippen LogP contribution in [0.1, 0.15) is 0 Å². The molecule has 134 heavy (non-hydrogen) atoms. The molecule has 0 bridgehead atoms. The molecule has 2 N–H and O–H groups in total. The SMILES string of the molecule is Brc1ccc(-c2oc(-c3ccccc3)c(-c3ccccc3)c2-c2ccccc2)cc1.Brc1coc(Br)c1Br.OB(O)c1oc(-c2ccccc2)c(-c2ccccc2)c1-c1ccccc1.[U].c1ccc(-c2coc(-c3ccccc3)c2-c2ccccc2)cc1.c1ccc(-c2coc(-c3ccccc3)c2-c2ccccc2)cc1.c1ccc(-c2coc(-c3ccccc3)c2-c2ccccc2)cc1. The summed E-state index contributed by atoms with van der Waals surface area (Å²) in [6.45, 7) is 0. The molecule has 0 saturated heterocycles. The summed E-state index contributed by atoms with van der Waals surface area (Å²) >= 11 is 13.2. The van der Waals surface area contributed by atoms with E-state index in [1.54, 1.807) is 6.26 Å². The first kappa shape index (κ1) is 93.4. The van der Waals surface area contributed by atoms with Crippen LogP contribution < -0.4 is 5.66 Å². The first-order valence-electron chi connectivity index (χ1n) is 43.3. The van der Waals surface area contributed by atoms with Crippen molar-refractivity contribution in [1.29, 1.82) is 0 Å². The molecule has 22 aromatic rings. The van der Waals surface area contributed by atoms with Crippen molar-refractivity contribution in [3.63, 3.8) is 0 Å². The van der Waals surface area contributed by atoms with E-state index in [9.17, 15) is 10.0 Å². The number of hydrogen-bond donors (Lipinski definition) is 2. The maximum Gasteiger partial charge on any atom is 0.527 e. The Balaban J connectivity index is 0.000000119. The van der Waals surface area contributed by atoms with E-state index in [1.165, 1.54) is 16.7 Å². The van der Waals surface area contributed by atoms with Crippen LogP contribution in [0.15, 0.2) is 549 Å². The van der Waals surface area contributed by atoms with Crippen molar-refractivity contribution in [2.24, 2.45) is 0 Å². The van der Waals surface area contributed by atoms with Gasteiger partial charge in [0.2, 0.25) is 0 Å². The Morgan fingerprint density at radius 3 is 0.590 bits per heavy atom. The van der Waals surface area contributed by atoms with Gasteiger partial charge in [-0.3, -0.25) is 0 Å². The van der Waals surface area contributed by atoms with Crippen molar-refractivity contribution in [3.8, 4) is 179 Å². The molecule has 6 aromatic heterocycles. The smallest absolute Gasteiger partial charge is 0.463 e. The Labute approximate surface area is 837 Å². The maximum absolute atomic E-state index is 9.96. The zero-order valence-electron chi connectivity index (χ0n) is 72.4. The zero-order chi connectivity index (χ0) is 90.9. The van der Waals surface area contributed by atoms with Crippen LogP contribution in [0.2, 0.25) is 0 Å². The third-order valence-corrected chi connectivity index (χ3v) is 25.6. The first-order valence-corrected chi connectivity index (χ1v) is 46.4. The van der Waals surface area contributed by atoms with Crippen LogP contribution in [0.25, 0.3) is 179 Å². The molecule has 0 aliphatic rings. The molecule has 0 amide bonds. The normalized spacial score (nSPS) is 10.6. The van der Waals surface area contributed by atoms with E-state index in [1.807, 2.05) is 231 Å². The van der Waals surface area contributed by atoms with Gasteiger partial charge in [0, 0.05) is 125 Å². The summed E-state index contributed by atoms with van der Waals surface area (Å²) in [4.78, 5) is 0. The van der Waals surface area contributed by atoms with E-state index >= 15 is 0 Å². The summed E-state index contributed by atoms with van der Waals surface area (Å²) in [5.41, 5.74) is 28.1. The summed E-state index contributed by atoms with van der Waals surface area (Å²) in [6, 6.07) is 162. The average Bonchev–Trinajstić information content (AvgIpc) is 1.61. The minimum atomic E-state index is -1.70. The molecule has 16 aromatic carbocycles. The second-order valence-electron chi connectivity index (χ2n) is 30.7. The van der Waals surface area contributed by atoms with Crippen LogP contribution in [-0.2, 0) is 0 Å². The minimum absolute atomic E-state index is 0. The Hall–Kier alpha value is -13.8. The van der Waals surface area contributed by atoms with E-state index in [0.29, 0.717) is 16.0 Å². The molecular formula is C120H85BBr4O8U. The van der Waals surface area contributed by atoms with Gasteiger partial charge >= 0.3 is 7.12 Å². The van der Waals surface area contributed by atoms with Gasteiger partial charge in [-0.05, 0) is 116 Å². The Kier molecular flexibility index (Phi) is 32.4. The second kappa shape index (κ2) is 46.5. The molecule has 0 radical (unpaired) electrons. The van der Waals surface area contributed by atoms with Gasteiger partial charge in [0.25, 0.3) is 0 Å². The monoisotopic (exact) mass is 2220 g/mol. The quantitative estimate of drug-likeness (QED) is 0.0866. The van der Waals surface area contributed by atoms with Gasteiger partial charge in [0.05, 0.1) is 27.7 Å². The molecule has 0 unspecified atom stereocenters. The predicted octanol–water partition coefficient (Wildman–Crippen LogP) is 35.1. The van der Waals surface area contributed by atoms with Crippen LogP contribution in [0.4, 0.5) is 0 Å². The van der Waals surface area contributed by atoms with Crippen molar-refractivity contribution in [1.82, 2.24) is 0 Å². The minimum Gasteiger partial charge on any atom is -0.463 e. The van der Waals surface area contributed by atoms with E-state index in [2.05, 4.69) is 331 Å². The number of halogens is 4. The molecule has 648 valence electrons. The largest absolute Gasteiger partial charge is 0.527 e. The summed E-state index contributed by atoms with van der Waals surface area (Å²) in [5.74, 6) is 5.13. The molecule has 0 spiro atoms. The van der Waals surface area contributed by atoms with Gasteiger partial charge in [-0.25, -0.2) is 0 Å². The molecule has 14 heteroatoms. The Bertz CT molecular complexity index is 6780. The average molecular weight is 2220 g/mol. The zero-order valence-corrected chi connectivity index (χ0v) is 82.9. The van der Waals surface area contributed by atoms with E-state index in [4.69, 9.17) is 26.5 Å². The van der Waals surface area contributed by atoms with E-state index in [0.717, 1.165) is 165 Å². The van der Waals surface area contributed by atoms with Crippen molar-refractivity contribution in [2.45, 2.75) is 0 Å². The van der Waals surface area contributed by atoms with Crippen molar-refractivity contribution >= 4 is 76.5 Å². The molecule has 0 saturated carbocycles. The third-order valence-electron chi connectivity index (χ3n) is 22.1. The van der Waals surface area contributed by atoms with Crippen LogP contribution in [0.5, 0.6) is 0 Å². The fourth-order valence-electron chi connectivity index (χ4n) is 15.9. The first-order chi connectivity index (χ1) is 65.6. The Morgan fingerprint density at radius 1 is 0.179 bits per heavy atom. The molecule has 22 rings (SSSR count). The van der Waals surface area contributed by atoms with Gasteiger partial charge in [0.15, 0.2) is 4.67 Å². The van der Waals surface area contributed by atoms with Gasteiger partial charge in [-0.15, -0.1) is 0 Å². The molecular weight excluding hydrogens is 2140 g/mol. The number of furan rings is 6. The molecule has 0 aliphatic carbocycles. The van der Waals surface area contributed by atoms with Crippen molar-refractivity contribution < 1.29 is 67.7 Å². The summed E-state index contributed by atoms with van der Waals surface area (Å²) < 4.78 is 39.1. The van der Waals surface area contributed by atoms with E-state index < -0.39 is 7.12 Å². The Morgan fingerprint density at radius 2 is 0.373 bits per heavy atom. The number of benzene rings is 16. The van der Waals surface area contributed by atoms with Gasteiger partial charge < -0.3 is 36.6 Å². The molecule has 0 atom stereocenters. The maximum atomic E-state index is 9.96. The summed E-state index contributed by atoms with van der Waals surface area (Å²) in [6.07, 6.45) is 7.19. The van der Waals surface area contributed by atoms with Crippen molar-refractivity contribution in [3.05, 3.63) is 522 Å². The third kappa shape index (κ3) is 22.6. The fraction of sp³-hybridized carbons (Fsp3) is 0. The predicted molar refractivity (Wildman–Crippen MR) is 560 cm³/mol. The van der Waals surface area contributed by atoms with Gasteiger partial charge in [-0.2, -0.15) is 0 Å². The summed E-state index contributed by atoms with van der Waals surface area (Å²) in [5, 5.41) is 19.9. The molecule has 8 nitrogen and oxygen atoms in total. The molecule has 6 heterocycles. The van der Waals surface area contributed by atoms with Crippen LogP contribution in [0, 0.1) is 31.1 Å². The fourth-order valence-corrected chi connectivity index (χ4v) is 17.2. The standard InChI is InChI=1S/C28H19BrO.C22H17BO3.3C22H16O.C4HBr3O.U/c29-24-18-16-23(17-19-24)28-26(21-12-6-2-7-13-21)25(20-10-4-1-5-11-20)27(30-28)22-14-8-3-9-15-22;24-23(25)22-20(17-12-6-2-7-13-17)19(16-10-4-1-5-11-16)21(26-22)18-14-8-3-9-15-18;3*1-4-10-17(11-5-1)20-16-23-22(19-14-8-3-9-15-19)21(20)18-12-6-2-7-13-18;5-2-1-8-4(7)3(2)6;/h1-19H;1-15,24-25H;3*1-16H;1H;. The number of hydrogen-bond acceptors (Lipinski definition) is 8. The van der Waals surface area contributed by atoms with E-state index in [-0.39, 0.29) is 36.8 Å². The van der Waals surface area contributed by atoms with Crippen molar-refractivity contribution in [2.75, 3.05) is 0 Å². The van der Waals surface area contributed by atoms with Gasteiger partial charge in [-0.1, -0.05) is 483 Å².